The number of ether oxygens (including phenoxy) is 1. The highest BCUT2D eigenvalue weighted by Gasteiger charge is 2.28. The van der Waals surface area contributed by atoms with E-state index >= 15 is 0 Å². The molecular formula is C11H12N2O3. The summed E-state index contributed by atoms with van der Waals surface area (Å²) < 4.78 is 4.99. The van der Waals surface area contributed by atoms with Gasteiger partial charge in [0.1, 0.15) is 0 Å². The summed E-state index contributed by atoms with van der Waals surface area (Å²) in [5, 5.41) is 0. The van der Waals surface area contributed by atoms with Gasteiger partial charge in [-0.15, -0.1) is 0 Å². The molecule has 0 saturated carbocycles. The molecule has 2 heterocycles. The van der Waals surface area contributed by atoms with Crippen LogP contribution in [0.15, 0.2) is 18.3 Å². The molecule has 5 nitrogen and oxygen atoms in total. The average molecular weight is 220 g/mol. The van der Waals surface area contributed by atoms with E-state index in [1.54, 1.807) is 18.3 Å². The van der Waals surface area contributed by atoms with Crippen molar-refractivity contribution in [1.29, 1.82) is 0 Å². The predicted octanol–water partition coefficient (Wildman–Crippen LogP) is 0.392. The van der Waals surface area contributed by atoms with Crippen molar-refractivity contribution < 1.29 is 14.3 Å². The Labute approximate surface area is 93.0 Å². The van der Waals surface area contributed by atoms with E-state index < -0.39 is 5.91 Å². The molecule has 1 saturated heterocycles. The molecule has 0 aromatic carbocycles. The molecule has 2 rings (SSSR count). The minimum atomic E-state index is -0.393. The summed E-state index contributed by atoms with van der Waals surface area (Å²) in [6.07, 6.45) is 1.94. The lowest BCUT2D eigenvalue weighted by Crippen LogP contribution is -2.26. The second-order valence-electron chi connectivity index (χ2n) is 3.61. The van der Waals surface area contributed by atoms with Crippen molar-refractivity contribution in [3.05, 3.63) is 23.9 Å². The number of ketones is 1. The van der Waals surface area contributed by atoms with Gasteiger partial charge in [0, 0.05) is 31.8 Å². The van der Waals surface area contributed by atoms with Crippen LogP contribution < -0.4 is 4.74 Å². The highest BCUT2D eigenvalue weighted by molar-refractivity contribution is 6.37. The van der Waals surface area contributed by atoms with Crippen molar-refractivity contribution in [1.82, 2.24) is 9.88 Å². The molecule has 0 aliphatic carbocycles. The molecule has 0 spiro atoms. The van der Waals surface area contributed by atoms with E-state index in [1.165, 1.54) is 12.0 Å². The topological polar surface area (TPSA) is 59.5 Å². The number of hydrogen-bond acceptors (Lipinski definition) is 4. The van der Waals surface area contributed by atoms with Gasteiger partial charge in [0.15, 0.2) is 0 Å². The molecule has 0 bridgehead atoms. The van der Waals surface area contributed by atoms with Gasteiger partial charge in [-0.05, 0) is 11.6 Å². The van der Waals surface area contributed by atoms with Crippen LogP contribution in [0.25, 0.3) is 0 Å². The minimum Gasteiger partial charge on any atom is -0.481 e. The van der Waals surface area contributed by atoms with E-state index in [0.717, 1.165) is 5.56 Å². The van der Waals surface area contributed by atoms with Gasteiger partial charge in [-0.3, -0.25) is 9.59 Å². The third-order valence-corrected chi connectivity index (χ3v) is 2.52. The Balaban J connectivity index is 2.09. The Morgan fingerprint density at radius 3 is 2.94 bits per heavy atom. The summed E-state index contributed by atoms with van der Waals surface area (Å²) in [6, 6.07) is 3.56. The Morgan fingerprint density at radius 2 is 2.31 bits per heavy atom. The Hall–Kier alpha value is -1.91. The number of nitrogens with zero attached hydrogens (tertiary/aromatic N) is 2. The lowest BCUT2D eigenvalue weighted by Gasteiger charge is -2.14. The first kappa shape index (κ1) is 10.6. The highest BCUT2D eigenvalue weighted by Crippen LogP contribution is 2.14. The van der Waals surface area contributed by atoms with Crippen molar-refractivity contribution in [2.45, 2.75) is 13.0 Å². The standard InChI is InChI=1S/C11H12N2O3/c1-16-10-6-8(2-4-12-10)7-13-5-3-9(14)11(13)15/h2,4,6H,3,5,7H2,1H3. The van der Waals surface area contributed by atoms with Crippen LogP contribution >= 0.6 is 0 Å². The van der Waals surface area contributed by atoms with Crippen molar-refractivity contribution in [2.75, 3.05) is 13.7 Å². The lowest BCUT2D eigenvalue weighted by molar-refractivity contribution is -0.140. The molecule has 5 heteroatoms. The monoisotopic (exact) mass is 220 g/mol. The van der Waals surface area contributed by atoms with Crippen molar-refractivity contribution in [2.24, 2.45) is 0 Å². The largest absolute Gasteiger partial charge is 0.481 e. The van der Waals surface area contributed by atoms with Crippen LogP contribution in [0, 0.1) is 0 Å². The Bertz CT molecular complexity index is 431. The first-order valence-corrected chi connectivity index (χ1v) is 5.01. The predicted molar refractivity (Wildman–Crippen MR) is 55.8 cm³/mol. The summed E-state index contributed by atoms with van der Waals surface area (Å²) in [5.74, 6) is -0.188. The van der Waals surface area contributed by atoms with Gasteiger partial charge < -0.3 is 9.64 Å². The maximum atomic E-state index is 11.4. The highest BCUT2D eigenvalue weighted by atomic mass is 16.5. The average Bonchev–Trinajstić information content (AvgIpc) is 2.61. The van der Waals surface area contributed by atoms with Gasteiger partial charge in [-0.25, -0.2) is 4.98 Å². The first-order chi connectivity index (χ1) is 7.70. The summed E-state index contributed by atoms with van der Waals surface area (Å²) in [5.41, 5.74) is 0.912. The number of carbonyl (C=O) groups excluding carboxylic acids is 2. The fourth-order valence-corrected chi connectivity index (χ4v) is 1.65. The molecule has 84 valence electrons. The lowest BCUT2D eigenvalue weighted by atomic mass is 10.2. The van der Waals surface area contributed by atoms with E-state index in [9.17, 15) is 9.59 Å². The molecule has 1 aliphatic rings. The Kier molecular flexibility index (Phi) is 2.85. The fraction of sp³-hybridized carbons (Fsp3) is 0.364. The van der Waals surface area contributed by atoms with Crippen LogP contribution in [-0.2, 0) is 16.1 Å². The van der Waals surface area contributed by atoms with Gasteiger partial charge in [0.05, 0.1) is 7.11 Å². The van der Waals surface area contributed by atoms with Gasteiger partial charge in [0.2, 0.25) is 11.7 Å². The second-order valence-corrected chi connectivity index (χ2v) is 3.61. The van der Waals surface area contributed by atoms with E-state index in [2.05, 4.69) is 4.98 Å². The maximum absolute atomic E-state index is 11.4. The molecule has 1 aliphatic heterocycles. The summed E-state index contributed by atoms with van der Waals surface area (Å²) in [7, 11) is 1.54. The van der Waals surface area contributed by atoms with Gasteiger partial charge in [-0.1, -0.05) is 0 Å². The smallest absolute Gasteiger partial charge is 0.290 e. The van der Waals surface area contributed by atoms with Gasteiger partial charge >= 0.3 is 0 Å². The fourth-order valence-electron chi connectivity index (χ4n) is 1.65. The number of pyridine rings is 1. The molecule has 0 N–H and O–H groups in total. The van der Waals surface area contributed by atoms with Crippen LogP contribution in [-0.4, -0.2) is 35.2 Å². The Morgan fingerprint density at radius 1 is 1.50 bits per heavy atom. The van der Waals surface area contributed by atoms with Crippen LogP contribution in [0.4, 0.5) is 0 Å². The molecule has 0 unspecified atom stereocenters. The van der Waals surface area contributed by atoms with Crippen molar-refractivity contribution >= 4 is 11.7 Å². The maximum Gasteiger partial charge on any atom is 0.290 e. The van der Waals surface area contributed by atoms with E-state index in [0.29, 0.717) is 25.4 Å². The van der Waals surface area contributed by atoms with Crippen molar-refractivity contribution in [3.63, 3.8) is 0 Å². The number of rotatable bonds is 3. The second kappa shape index (κ2) is 4.30. The van der Waals surface area contributed by atoms with Gasteiger partial charge in [0.25, 0.3) is 5.91 Å². The molecule has 0 atom stereocenters. The molecule has 1 fully saturated rings. The third-order valence-electron chi connectivity index (χ3n) is 2.52. The van der Waals surface area contributed by atoms with E-state index in [-0.39, 0.29) is 5.78 Å². The van der Waals surface area contributed by atoms with E-state index in [4.69, 9.17) is 4.74 Å². The van der Waals surface area contributed by atoms with Crippen LogP contribution in [0.2, 0.25) is 0 Å². The van der Waals surface area contributed by atoms with Crippen LogP contribution in [0.3, 0.4) is 0 Å². The number of aromatic nitrogens is 1. The van der Waals surface area contributed by atoms with Gasteiger partial charge in [-0.2, -0.15) is 0 Å². The molecule has 1 aromatic rings. The third kappa shape index (κ3) is 2.03. The normalized spacial score (nSPS) is 15.7. The molecule has 1 aromatic heterocycles. The number of carbonyl (C=O) groups is 2. The number of hydrogen-bond donors (Lipinski definition) is 0. The minimum absolute atomic E-state index is 0.305. The summed E-state index contributed by atoms with van der Waals surface area (Å²) in [4.78, 5) is 28.0. The van der Waals surface area contributed by atoms with Crippen LogP contribution in [0.5, 0.6) is 5.88 Å². The molecule has 1 amide bonds. The molecule has 0 radical (unpaired) electrons. The summed E-state index contributed by atoms with van der Waals surface area (Å²) >= 11 is 0. The number of amides is 1. The zero-order chi connectivity index (χ0) is 11.5. The number of Topliss-reactive ketones (excluding diaryl/α,β-unsaturated/α-hetero) is 1. The molecule has 16 heavy (non-hydrogen) atoms. The van der Waals surface area contributed by atoms with Crippen molar-refractivity contribution in [3.8, 4) is 5.88 Å². The number of methoxy groups -OCH3 is 1. The summed E-state index contributed by atoms with van der Waals surface area (Å²) in [6.45, 7) is 0.936. The number of likely N-dealkylation sites (tertiary alicyclic amines) is 1. The molecular weight excluding hydrogens is 208 g/mol. The van der Waals surface area contributed by atoms with E-state index in [1.807, 2.05) is 0 Å². The zero-order valence-electron chi connectivity index (χ0n) is 8.97. The zero-order valence-corrected chi connectivity index (χ0v) is 8.97. The quantitative estimate of drug-likeness (QED) is 0.691. The SMILES string of the molecule is COc1cc(CN2CCC(=O)C2=O)ccn1. The van der Waals surface area contributed by atoms with Crippen LogP contribution in [0.1, 0.15) is 12.0 Å². The first-order valence-electron chi connectivity index (χ1n) is 5.01.